The van der Waals surface area contributed by atoms with Crippen LogP contribution in [-0.2, 0) is 9.53 Å². The van der Waals surface area contributed by atoms with E-state index in [0.717, 1.165) is 43.9 Å². The maximum atomic E-state index is 12.7. The van der Waals surface area contributed by atoms with Gasteiger partial charge in [-0.3, -0.25) is 4.79 Å². The lowest BCUT2D eigenvalue weighted by Crippen LogP contribution is -2.49. The summed E-state index contributed by atoms with van der Waals surface area (Å²) in [4.78, 5) is 30.0. The van der Waals surface area contributed by atoms with Gasteiger partial charge in [-0.15, -0.1) is 11.8 Å². The van der Waals surface area contributed by atoms with E-state index < -0.39 is 6.09 Å². The second kappa shape index (κ2) is 11.9. The molecule has 0 aliphatic carbocycles. The van der Waals surface area contributed by atoms with Crippen molar-refractivity contribution in [1.29, 1.82) is 0 Å². The molecule has 1 aliphatic heterocycles. The van der Waals surface area contributed by atoms with E-state index in [9.17, 15) is 9.59 Å². The van der Waals surface area contributed by atoms with E-state index in [4.69, 9.17) is 4.74 Å². The van der Waals surface area contributed by atoms with Crippen LogP contribution in [-0.4, -0.2) is 73.4 Å². The number of thioether (sulfide) groups is 1. The predicted octanol–water partition coefficient (Wildman–Crippen LogP) is 2.84. The summed E-state index contributed by atoms with van der Waals surface area (Å²) >= 11 is 1.64. The normalized spacial score (nSPS) is 16.0. The van der Waals surface area contributed by atoms with Crippen LogP contribution in [0.25, 0.3) is 0 Å². The number of hydrogen-bond donors (Lipinski definition) is 1. The zero-order valence-electron chi connectivity index (χ0n) is 16.4. The molecule has 150 valence electrons. The van der Waals surface area contributed by atoms with E-state index in [0.29, 0.717) is 18.8 Å². The number of nitrogens with one attached hydrogen (secondary N) is 1. The van der Waals surface area contributed by atoms with Crippen molar-refractivity contribution in [3.63, 3.8) is 0 Å². The summed E-state index contributed by atoms with van der Waals surface area (Å²) in [6.45, 7) is 5.73. The highest BCUT2D eigenvalue weighted by molar-refractivity contribution is 7.99. The van der Waals surface area contributed by atoms with Gasteiger partial charge in [0.05, 0.1) is 12.6 Å². The number of likely N-dealkylation sites (N-methyl/N-ethyl adjacent to an activating group) is 1. The Morgan fingerprint density at radius 1 is 1.19 bits per heavy atom. The number of ether oxygens (including phenoxy) is 1. The fraction of sp³-hybridized carbons (Fsp3) is 0.600. The monoisotopic (exact) mass is 393 g/mol. The van der Waals surface area contributed by atoms with Gasteiger partial charge in [-0.2, -0.15) is 0 Å². The topological polar surface area (TPSA) is 61.9 Å². The smallest absolute Gasteiger partial charge is 0.407 e. The molecule has 1 aromatic carbocycles. The summed E-state index contributed by atoms with van der Waals surface area (Å²) in [6, 6.07) is 9.75. The van der Waals surface area contributed by atoms with Crippen molar-refractivity contribution in [2.75, 3.05) is 45.6 Å². The molecular formula is C20H31N3O3S. The van der Waals surface area contributed by atoms with Crippen LogP contribution in [0, 0.1) is 0 Å². The number of carbonyl (C=O) groups is 2. The largest absolute Gasteiger partial charge is 0.450 e. The molecule has 1 saturated heterocycles. The van der Waals surface area contributed by atoms with Gasteiger partial charge in [0.25, 0.3) is 0 Å². The Morgan fingerprint density at radius 3 is 2.56 bits per heavy atom. The number of rotatable bonds is 9. The predicted molar refractivity (Wildman–Crippen MR) is 109 cm³/mol. The first-order valence-electron chi connectivity index (χ1n) is 9.66. The molecule has 1 fully saturated rings. The Kier molecular flexibility index (Phi) is 9.48. The Hall–Kier alpha value is -1.73. The number of alkyl carbamates (subject to hydrolysis) is 1. The fourth-order valence-corrected chi connectivity index (χ4v) is 3.72. The van der Waals surface area contributed by atoms with Crippen LogP contribution in [0.5, 0.6) is 0 Å². The number of benzene rings is 1. The Bertz CT molecular complexity index is 577. The second-order valence-corrected chi connectivity index (χ2v) is 7.94. The molecule has 2 rings (SSSR count). The van der Waals surface area contributed by atoms with E-state index >= 15 is 0 Å². The van der Waals surface area contributed by atoms with Gasteiger partial charge in [0, 0.05) is 43.2 Å². The van der Waals surface area contributed by atoms with E-state index in [1.54, 1.807) is 11.8 Å². The molecule has 1 N–H and O–H groups in total. The Morgan fingerprint density at radius 2 is 1.89 bits per heavy atom. The van der Waals surface area contributed by atoms with Crippen LogP contribution in [0.15, 0.2) is 35.2 Å². The van der Waals surface area contributed by atoms with Crippen molar-refractivity contribution in [3.8, 4) is 0 Å². The molecule has 7 heteroatoms. The molecule has 1 atom stereocenters. The fourth-order valence-electron chi connectivity index (χ4n) is 2.78. The highest BCUT2D eigenvalue weighted by Gasteiger charge is 2.24. The lowest BCUT2D eigenvalue weighted by molar-refractivity contribution is -0.133. The molecule has 0 bridgehead atoms. The van der Waals surface area contributed by atoms with Crippen molar-refractivity contribution < 1.29 is 14.3 Å². The van der Waals surface area contributed by atoms with Crippen molar-refractivity contribution in [2.24, 2.45) is 0 Å². The Labute approximate surface area is 166 Å². The Balaban J connectivity index is 1.89. The first kappa shape index (κ1) is 21.6. The van der Waals surface area contributed by atoms with Crippen LogP contribution < -0.4 is 5.32 Å². The van der Waals surface area contributed by atoms with E-state index in [2.05, 4.69) is 24.2 Å². The number of hydrogen-bond acceptors (Lipinski definition) is 5. The summed E-state index contributed by atoms with van der Waals surface area (Å²) in [5.41, 5.74) is 0. The molecule has 2 amide bonds. The van der Waals surface area contributed by atoms with Crippen molar-refractivity contribution >= 4 is 23.8 Å². The molecule has 0 unspecified atom stereocenters. The van der Waals surface area contributed by atoms with E-state index in [1.807, 2.05) is 35.2 Å². The number of carbonyl (C=O) groups excluding carboxylic acids is 2. The molecule has 1 heterocycles. The molecule has 0 aromatic heterocycles. The van der Waals surface area contributed by atoms with Crippen LogP contribution in [0.3, 0.4) is 0 Å². The zero-order chi connectivity index (χ0) is 19.5. The van der Waals surface area contributed by atoms with E-state index in [-0.39, 0.29) is 11.9 Å². The molecule has 6 nitrogen and oxygen atoms in total. The molecule has 1 aromatic rings. The van der Waals surface area contributed by atoms with Crippen LogP contribution in [0.4, 0.5) is 4.79 Å². The standard InChI is InChI=1S/C20H31N3O3S/c1-3-4-14-26-20(25)21-17(16-27-18-8-6-5-7-9-18)15-19(24)23-12-10-22(2)11-13-23/h5-9,17H,3-4,10-16H2,1-2H3,(H,21,25)/t17-/m1/s1. The summed E-state index contributed by atoms with van der Waals surface area (Å²) in [5, 5.41) is 2.89. The maximum absolute atomic E-state index is 12.7. The van der Waals surface area contributed by atoms with E-state index in [1.165, 1.54) is 0 Å². The molecule has 1 aliphatic rings. The number of piperazine rings is 1. The van der Waals surface area contributed by atoms with Gasteiger partial charge in [0.2, 0.25) is 5.91 Å². The van der Waals surface area contributed by atoms with Crippen LogP contribution >= 0.6 is 11.8 Å². The summed E-state index contributed by atoms with van der Waals surface area (Å²) < 4.78 is 5.22. The molecular weight excluding hydrogens is 362 g/mol. The van der Waals surface area contributed by atoms with Gasteiger partial charge in [0.1, 0.15) is 0 Å². The minimum absolute atomic E-state index is 0.0932. The van der Waals surface area contributed by atoms with Crippen molar-refractivity contribution in [2.45, 2.75) is 37.1 Å². The van der Waals surface area contributed by atoms with Crippen molar-refractivity contribution in [1.82, 2.24) is 15.1 Å². The van der Waals surface area contributed by atoms with Crippen molar-refractivity contribution in [3.05, 3.63) is 30.3 Å². The number of unbranched alkanes of at least 4 members (excludes halogenated alkanes) is 1. The lowest BCUT2D eigenvalue weighted by Gasteiger charge is -2.33. The van der Waals surface area contributed by atoms with Gasteiger partial charge >= 0.3 is 6.09 Å². The van der Waals surface area contributed by atoms with Gasteiger partial charge in [0.15, 0.2) is 0 Å². The molecule has 0 radical (unpaired) electrons. The molecule has 27 heavy (non-hydrogen) atoms. The van der Waals surface area contributed by atoms with Gasteiger partial charge in [-0.05, 0) is 25.6 Å². The number of nitrogens with zero attached hydrogens (tertiary/aromatic N) is 2. The lowest BCUT2D eigenvalue weighted by atomic mass is 10.2. The third kappa shape index (κ3) is 8.22. The third-order valence-electron chi connectivity index (χ3n) is 4.52. The van der Waals surface area contributed by atoms with Crippen LogP contribution in [0.1, 0.15) is 26.2 Å². The summed E-state index contributed by atoms with van der Waals surface area (Å²) in [7, 11) is 2.06. The van der Waals surface area contributed by atoms with Gasteiger partial charge < -0.3 is 19.9 Å². The maximum Gasteiger partial charge on any atom is 0.407 e. The third-order valence-corrected chi connectivity index (χ3v) is 5.70. The highest BCUT2D eigenvalue weighted by Crippen LogP contribution is 2.19. The SMILES string of the molecule is CCCCOC(=O)N[C@@H](CSc1ccccc1)CC(=O)N1CCN(C)CC1. The molecule has 0 spiro atoms. The minimum atomic E-state index is -0.437. The zero-order valence-corrected chi connectivity index (χ0v) is 17.2. The van der Waals surface area contributed by atoms with Gasteiger partial charge in [-0.1, -0.05) is 31.5 Å². The first-order valence-corrected chi connectivity index (χ1v) is 10.6. The second-order valence-electron chi connectivity index (χ2n) is 6.84. The number of amides is 2. The molecule has 0 saturated carbocycles. The minimum Gasteiger partial charge on any atom is -0.450 e. The summed E-state index contributed by atoms with van der Waals surface area (Å²) in [6.07, 6.45) is 1.68. The first-order chi connectivity index (χ1) is 13.1. The average Bonchev–Trinajstić information content (AvgIpc) is 2.67. The van der Waals surface area contributed by atoms with Crippen LogP contribution in [0.2, 0.25) is 0 Å². The average molecular weight is 394 g/mol. The van der Waals surface area contributed by atoms with Gasteiger partial charge in [-0.25, -0.2) is 4.79 Å². The summed E-state index contributed by atoms with van der Waals surface area (Å²) in [5.74, 6) is 0.724. The quantitative estimate of drug-likeness (QED) is 0.516. The highest BCUT2D eigenvalue weighted by atomic mass is 32.2.